The van der Waals surface area contributed by atoms with Gasteiger partial charge in [-0.2, -0.15) is 0 Å². The molecule has 2 aliphatic rings. The molecule has 9 rings (SSSR count). The Morgan fingerprint density at radius 2 is 1.39 bits per heavy atom. The Labute approximate surface area is 289 Å². The zero-order valence-electron chi connectivity index (χ0n) is 28.8. The maximum absolute atomic E-state index is 4.61. The number of fused-ring (bicyclic) bond motifs is 1. The summed E-state index contributed by atoms with van der Waals surface area (Å²) in [7, 11) is 0. The Morgan fingerprint density at radius 3 is 2.18 bits per heavy atom. The average molecular weight is 632 g/mol. The third kappa shape index (κ3) is 5.11. The van der Waals surface area contributed by atoms with Crippen molar-refractivity contribution in [2.24, 2.45) is 5.92 Å². The van der Waals surface area contributed by atoms with Crippen LogP contribution in [-0.2, 0) is 18.3 Å². The topological polar surface area (TPSA) is 12.9 Å². The molecule has 0 saturated carbocycles. The first kappa shape index (κ1) is 29.8. The molecule has 1 heteroatoms. The number of rotatable bonds is 4. The van der Waals surface area contributed by atoms with E-state index in [4.69, 9.17) is 0 Å². The van der Waals surface area contributed by atoms with E-state index < -0.39 is 0 Å². The predicted molar refractivity (Wildman–Crippen MR) is 210 cm³/mol. The van der Waals surface area contributed by atoms with E-state index in [-0.39, 0.29) is 5.41 Å². The Morgan fingerprint density at radius 1 is 0.633 bits per heavy atom. The van der Waals surface area contributed by atoms with Crippen molar-refractivity contribution in [3.05, 3.63) is 161 Å². The molecule has 0 fully saturated rings. The van der Waals surface area contributed by atoms with Crippen molar-refractivity contribution in [1.29, 1.82) is 0 Å². The fraction of sp³-hybridized carbons (Fsp3) is 0.188. The van der Waals surface area contributed by atoms with E-state index in [0.29, 0.717) is 5.92 Å². The quantitative estimate of drug-likeness (QED) is 0.176. The van der Waals surface area contributed by atoms with Gasteiger partial charge >= 0.3 is 0 Å². The van der Waals surface area contributed by atoms with E-state index >= 15 is 0 Å². The van der Waals surface area contributed by atoms with Crippen LogP contribution in [0.5, 0.6) is 0 Å². The highest BCUT2D eigenvalue weighted by Gasteiger charge is 2.26. The van der Waals surface area contributed by atoms with Gasteiger partial charge in [-0.1, -0.05) is 131 Å². The number of benzene rings is 6. The van der Waals surface area contributed by atoms with Crippen LogP contribution in [0.4, 0.5) is 0 Å². The van der Waals surface area contributed by atoms with Crippen molar-refractivity contribution >= 4 is 43.5 Å². The maximum atomic E-state index is 4.61. The fourth-order valence-corrected chi connectivity index (χ4v) is 8.25. The molecule has 0 aliphatic heterocycles. The van der Waals surface area contributed by atoms with E-state index in [0.717, 1.165) is 30.5 Å². The maximum Gasteiger partial charge on any atom is 0.0701 e. The van der Waals surface area contributed by atoms with Crippen LogP contribution in [-0.4, -0.2) is 4.98 Å². The molecular weight excluding hydrogens is 591 g/mol. The second-order valence-corrected chi connectivity index (χ2v) is 15.2. The monoisotopic (exact) mass is 631 g/mol. The summed E-state index contributed by atoms with van der Waals surface area (Å²) in [4.78, 5) is 4.61. The summed E-state index contributed by atoms with van der Waals surface area (Å²) in [6, 6.07) is 43.1. The molecule has 0 amide bonds. The van der Waals surface area contributed by atoms with Crippen LogP contribution in [0.1, 0.15) is 61.9 Å². The van der Waals surface area contributed by atoms with Crippen molar-refractivity contribution in [3.63, 3.8) is 0 Å². The molecule has 0 N–H and O–H groups in total. The van der Waals surface area contributed by atoms with Crippen LogP contribution >= 0.6 is 0 Å². The van der Waals surface area contributed by atoms with E-state index in [1.807, 2.05) is 12.3 Å². The molecule has 1 aromatic heterocycles. The molecule has 7 aromatic rings. The molecule has 238 valence electrons. The van der Waals surface area contributed by atoms with Crippen molar-refractivity contribution in [3.8, 4) is 22.4 Å². The average Bonchev–Trinajstić information content (AvgIpc) is 3.13. The van der Waals surface area contributed by atoms with Gasteiger partial charge in [0.1, 0.15) is 0 Å². The largest absolute Gasteiger partial charge is 0.256 e. The summed E-state index contributed by atoms with van der Waals surface area (Å²) in [6.07, 6.45) is 9.94. The van der Waals surface area contributed by atoms with Gasteiger partial charge in [0.25, 0.3) is 0 Å². The van der Waals surface area contributed by atoms with E-state index in [2.05, 4.69) is 154 Å². The standard InChI is InChI=1S/C48H41N/c1-30-12-13-36(35-19-14-31-9-5-6-10-34(31)25-35)28-42(30)44-29-43(32-15-17-33(18-16-32)45-11-7-8-24-49-45)40-22-20-37-26-39(48(2,3)4)27-38-21-23-41(44)47(40)46(37)38/h5-11,13-19,21,23-30H,12,20,22H2,1-4H3. The molecular formula is C48H41N. The van der Waals surface area contributed by atoms with Crippen LogP contribution < -0.4 is 0 Å². The van der Waals surface area contributed by atoms with Crippen molar-refractivity contribution < 1.29 is 0 Å². The first-order valence-corrected chi connectivity index (χ1v) is 17.8. The molecule has 49 heavy (non-hydrogen) atoms. The lowest BCUT2D eigenvalue weighted by Crippen LogP contribution is -2.13. The van der Waals surface area contributed by atoms with E-state index in [1.165, 1.54) is 82.4 Å². The number of hydrogen-bond donors (Lipinski definition) is 0. The second kappa shape index (κ2) is 11.4. The van der Waals surface area contributed by atoms with E-state index in [1.54, 1.807) is 0 Å². The summed E-state index contributed by atoms with van der Waals surface area (Å²) in [5, 5.41) is 8.24. The van der Waals surface area contributed by atoms with Gasteiger partial charge < -0.3 is 0 Å². The number of aromatic nitrogens is 1. The number of aryl methyl sites for hydroxylation is 2. The summed E-state index contributed by atoms with van der Waals surface area (Å²) < 4.78 is 0. The minimum absolute atomic E-state index is 0.107. The summed E-state index contributed by atoms with van der Waals surface area (Å²) >= 11 is 0. The third-order valence-corrected chi connectivity index (χ3v) is 11.0. The molecule has 0 saturated heterocycles. The normalized spacial score (nSPS) is 16.0. The number of pyridine rings is 1. The second-order valence-electron chi connectivity index (χ2n) is 15.2. The molecule has 1 heterocycles. The molecule has 1 atom stereocenters. The summed E-state index contributed by atoms with van der Waals surface area (Å²) in [6.45, 7) is 9.39. The molecule has 6 aromatic carbocycles. The van der Waals surface area contributed by atoms with Crippen LogP contribution in [0.25, 0.3) is 65.8 Å². The van der Waals surface area contributed by atoms with Crippen LogP contribution in [0.15, 0.2) is 134 Å². The fourth-order valence-electron chi connectivity index (χ4n) is 8.25. The third-order valence-electron chi connectivity index (χ3n) is 11.0. The van der Waals surface area contributed by atoms with Gasteiger partial charge in [-0.25, -0.2) is 0 Å². The molecule has 2 aliphatic carbocycles. The van der Waals surface area contributed by atoms with Gasteiger partial charge in [0, 0.05) is 11.8 Å². The van der Waals surface area contributed by atoms with Crippen LogP contribution in [0.3, 0.4) is 0 Å². The minimum Gasteiger partial charge on any atom is -0.256 e. The Hall–Kier alpha value is -5.27. The lowest BCUT2D eigenvalue weighted by atomic mass is 9.75. The van der Waals surface area contributed by atoms with E-state index in [9.17, 15) is 0 Å². The Balaban J connectivity index is 1.28. The molecule has 1 nitrogen and oxygen atoms in total. The molecule has 0 bridgehead atoms. The van der Waals surface area contributed by atoms with Gasteiger partial charge in [0.05, 0.1) is 5.69 Å². The SMILES string of the molecule is CC1CC=C(c2ccc3ccccc3c2)C=C1c1cc(-c2ccc(-c3ccccn3)cc2)c2c3c1ccc1cc(C(C)(C)C)cc(c13)CC2. The van der Waals surface area contributed by atoms with Crippen LogP contribution in [0, 0.1) is 5.92 Å². The van der Waals surface area contributed by atoms with Gasteiger partial charge in [0.15, 0.2) is 0 Å². The zero-order valence-corrected chi connectivity index (χ0v) is 28.8. The zero-order chi connectivity index (χ0) is 33.3. The van der Waals surface area contributed by atoms with Gasteiger partial charge in [0.2, 0.25) is 0 Å². The molecule has 0 radical (unpaired) electrons. The van der Waals surface area contributed by atoms with Crippen molar-refractivity contribution in [2.75, 3.05) is 0 Å². The smallest absolute Gasteiger partial charge is 0.0701 e. The molecule has 1 unspecified atom stereocenters. The lowest BCUT2D eigenvalue weighted by molar-refractivity contribution is 0.590. The summed E-state index contributed by atoms with van der Waals surface area (Å²) in [5.41, 5.74) is 14.7. The van der Waals surface area contributed by atoms with Crippen molar-refractivity contribution in [1.82, 2.24) is 4.98 Å². The predicted octanol–water partition coefficient (Wildman–Crippen LogP) is 12.8. The van der Waals surface area contributed by atoms with Crippen molar-refractivity contribution in [2.45, 2.75) is 52.4 Å². The number of hydrogen-bond acceptors (Lipinski definition) is 1. The van der Waals surface area contributed by atoms with Gasteiger partial charge in [-0.3, -0.25) is 4.98 Å². The minimum atomic E-state index is 0.107. The van der Waals surface area contributed by atoms with Crippen LogP contribution in [0.2, 0.25) is 0 Å². The first-order chi connectivity index (χ1) is 23.8. The highest BCUT2D eigenvalue weighted by Crippen LogP contribution is 2.47. The van der Waals surface area contributed by atoms with Gasteiger partial charge in [-0.05, 0) is 137 Å². The lowest BCUT2D eigenvalue weighted by Gasteiger charge is -2.29. The number of allylic oxidation sites excluding steroid dienone is 4. The Kier molecular flexibility index (Phi) is 6.95. The highest BCUT2D eigenvalue weighted by molar-refractivity contribution is 6.17. The number of nitrogens with zero attached hydrogens (tertiary/aromatic N) is 1. The first-order valence-electron chi connectivity index (χ1n) is 17.8. The molecule has 0 spiro atoms. The highest BCUT2D eigenvalue weighted by atomic mass is 14.7. The Bertz CT molecular complexity index is 2490. The van der Waals surface area contributed by atoms with Gasteiger partial charge in [-0.15, -0.1) is 0 Å². The summed E-state index contributed by atoms with van der Waals surface area (Å²) in [5.74, 6) is 0.416.